The van der Waals surface area contributed by atoms with Crippen molar-refractivity contribution in [1.82, 2.24) is 0 Å². The molecule has 0 saturated heterocycles. The van der Waals surface area contributed by atoms with Gasteiger partial charge in [-0.05, 0) is 19.3 Å². The van der Waals surface area contributed by atoms with Gasteiger partial charge in [0.25, 0.3) is 0 Å². The Kier molecular flexibility index (Phi) is 2.25. The van der Waals surface area contributed by atoms with Crippen molar-refractivity contribution in [3.8, 4) is 0 Å². The monoisotopic (exact) mass is 211 g/mol. The molecule has 5 heteroatoms. The van der Waals surface area contributed by atoms with Crippen molar-refractivity contribution in [1.29, 1.82) is 0 Å². The molecule has 0 amide bonds. The third kappa shape index (κ3) is 1.26. The van der Waals surface area contributed by atoms with Crippen molar-refractivity contribution in [2.45, 2.75) is 25.3 Å². The molecule has 2 rings (SSSR count). The summed E-state index contributed by atoms with van der Waals surface area (Å²) in [4.78, 5) is 22.3. The highest BCUT2D eigenvalue weighted by atomic mass is 16.6. The number of nitro groups is 1. The number of nitrogens with zero attached hydrogens (tertiary/aromatic N) is 1. The molecule has 0 aromatic rings. The van der Waals surface area contributed by atoms with Crippen LogP contribution in [0, 0.1) is 22.0 Å². The number of esters is 1. The number of hydrogen-bond donors (Lipinski definition) is 0. The van der Waals surface area contributed by atoms with Crippen LogP contribution in [0.1, 0.15) is 19.8 Å². The van der Waals surface area contributed by atoms with Crippen molar-refractivity contribution in [3.63, 3.8) is 0 Å². The predicted molar refractivity (Wildman–Crippen MR) is 51.7 cm³/mol. The SMILES string of the molecule is CCOC(=O)[C@@]1([N+](=O)[O-])C[C@@H]2C=C[C@H]1C2. The molecule has 0 aliphatic heterocycles. The van der Waals surface area contributed by atoms with E-state index in [9.17, 15) is 14.9 Å². The third-order valence-corrected chi connectivity index (χ3v) is 3.31. The van der Waals surface area contributed by atoms with Gasteiger partial charge in [0.05, 0.1) is 12.5 Å². The molecule has 0 unspecified atom stereocenters. The van der Waals surface area contributed by atoms with Gasteiger partial charge in [-0.25, -0.2) is 4.79 Å². The minimum atomic E-state index is -1.50. The summed E-state index contributed by atoms with van der Waals surface area (Å²) in [5, 5.41) is 11.1. The van der Waals surface area contributed by atoms with Crippen LogP contribution in [0.25, 0.3) is 0 Å². The van der Waals surface area contributed by atoms with Gasteiger partial charge in [-0.15, -0.1) is 0 Å². The van der Waals surface area contributed by atoms with Crippen LogP contribution >= 0.6 is 0 Å². The van der Waals surface area contributed by atoms with E-state index in [0.717, 1.165) is 0 Å². The molecule has 1 saturated carbocycles. The fraction of sp³-hybridized carbons (Fsp3) is 0.700. The minimum absolute atomic E-state index is 0.171. The fourth-order valence-corrected chi connectivity index (χ4v) is 2.61. The van der Waals surface area contributed by atoms with Crippen LogP contribution in [0.15, 0.2) is 12.2 Å². The van der Waals surface area contributed by atoms with Gasteiger partial charge in [0.1, 0.15) is 0 Å². The summed E-state index contributed by atoms with van der Waals surface area (Å²) in [5.74, 6) is -0.784. The van der Waals surface area contributed by atoms with E-state index in [1.54, 1.807) is 13.0 Å². The molecule has 0 spiro atoms. The Labute approximate surface area is 87.3 Å². The van der Waals surface area contributed by atoms with Crippen LogP contribution in [0.3, 0.4) is 0 Å². The molecular formula is C10H13NO4. The number of allylic oxidation sites excluding steroid dienone is 1. The summed E-state index contributed by atoms with van der Waals surface area (Å²) in [6.45, 7) is 1.85. The molecule has 3 atom stereocenters. The molecule has 5 nitrogen and oxygen atoms in total. The van der Waals surface area contributed by atoms with Crippen LogP contribution in [0.5, 0.6) is 0 Å². The van der Waals surface area contributed by atoms with Crippen LogP contribution in [-0.4, -0.2) is 23.0 Å². The van der Waals surface area contributed by atoms with E-state index in [-0.39, 0.29) is 18.4 Å². The van der Waals surface area contributed by atoms with E-state index in [2.05, 4.69) is 0 Å². The largest absolute Gasteiger partial charge is 0.461 e. The molecule has 2 aliphatic rings. The van der Waals surface area contributed by atoms with Gasteiger partial charge >= 0.3 is 11.5 Å². The first-order valence-electron chi connectivity index (χ1n) is 5.11. The summed E-state index contributed by atoms with van der Waals surface area (Å²) in [7, 11) is 0. The van der Waals surface area contributed by atoms with Gasteiger partial charge in [-0.3, -0.25) is 10.1 Å². The molecule has 2 aliphatic carbocycles. The van der Waals surface area contributed by atoms with Crippen LogP contribution in [0.4, 0.5) is 0 Å². The summed E-state index contributed by atoms with van der Waals surface area (Å²) < 4.78 is 4.83. The topological polar surface area (TPSA) is 69.4 Å². The van der Waals surface area contributed by atoms with Crippen molar-refractivity contribution < 1.29 is 14.5 Å². The van der Waals surface area contributed by atoms with Crippen molar-refractivity contribution >= 4 is 5.97 Å². The van der Waals surface area contributed by atoms with Gasteiger partial charge in [0, 0.05) is 11.3 Å². The smallest absolute Gasteiger partial charge is 0.385 e. The van der Waals surface area contributed by atoms with Crippen molar-refractivity contribution in [2.24, 2.45) is 11.8 Å². The molecule has 0 radical (unpaired) electrons. The number of fused-ring (bicyclic) bond motifs is 2. The van der Waals surface area contributed by atoms with Gasteiger partial charge in [-0.2, -0.15) is 0 Å². The van der Waals surface area contributed by atoms with E-state index < -0.39 is 16.4 Å². The van der Waals surface area contributed by atoms with E-state index in [4.69, 9.17) is 4.74 Å². The second-order valence-electron chi connectivity index (χ2n) is 4.09. The van der Waals surface area contributed by atoms with Crippen LogP contribution in [-0.2, 0) is 9.53 Å². The highest BCUT2D eigenvalue weighted by molar-refractivity contribution is 5.81. The van der Waals surface area contributed by atoms with Gasteiger partial charge in [0.2, 0.25) is 0 Å². The molecular weight excluding hydrogens is 198 g/mol. The quantitative estimate of drug-likeness (QED) is 0.304. The maximum Gasteiger partial charge on any atom is 0.385 e. The average Bonchev–Trinajstić information content (AvgIpc) is 2.77. The Bertz CT molecular complexity index is 338. The molecule has 0 N–H and O–H groups in total. The maximum absolute atomic E-state index is 11.7. The zero-order chi connectivity index (χ0) is 11.1. The zero-order valence-electron chi connectivity index (χ0n) is 8.51. The molecule has 2 bridgehead atoms. The number of carbonyl (C=O) groups is 1. The van der Waals surface area contributed by atoms with E-state index >= 15 is 0 Å². The minimum Gasteiger partial charge on any atom is -0.461 e. The lowest BCUT2D eigenvalue weighted by atomic mass is 9.85. The molecule has 0 aromatic carbocycles. The Morgan fingerprint density at radius 2 is 2.40 bits per heavy atom. The number of ether oxygens (including phenoxy) is 1. The standard InChI is InChI=1S/C10H13NO4/c1-2-15-9(12)10(11(13)14)6-7-3-4-8(10)5-7/h3-4,7-8H,2,5-6H2,1H3/t7-,8+,10-/m1/s1. The summed E-state index contributed by atoms with van der Waals surface area (Å²) >= 11 is 0. The molecule has 1 fully saturated rings. The highest BCUT2D eigenvalue weighted by Gasteiger charge is 2.64. The second-order valence-corrected chi connectivity index (χ2v) is 4.09. The van der Waals surface area contributed by atoms with E-state index in [1.807, 2.05) is 6.08 Å². The Balaban J connectivity index is 2.30. The lowest BCUT2D eigenvalue weighted by Crippen LogP contribution is -2.50. The van der Waals surface area contributed by atoms with Crippen molar-refractivity contribution in [3.05, 3.63) is 22.3 Å². The predicted octanol–water partition coefficient (Wildman–Crippen LogP) is 1.16. The van der Waals surface area contributed by atoms with E-state index in [0.29, 0.717) is 12.8 Å². The molecule has 0 aromatic heterocycles. The maximum atomic E-state index is 11.7. The zero-order valence-corrected chi connectivity index (χ0v) is 8.51. The average molecular weight is 211 g/mol. The number of carbonyl (C=O) groups excluding carboxylic acids is 1. The summed E-state index contributed by atoms with van der Waals surface area (Å²) in [6.07, 6.45) is 4.75. The highest BCUT2D eigenvalue weighted by Crippen LogP contribution is 2.48. The third-order valence-electron chi connectivity index (χ3n) is 3.31. The number of hydrogen-bond acceptors (Lipinski definition) is 4. The van der Waals surface area contributed by atoms with Crippen molar-refractivity contribution in [2.75, 3.05) is 6.61 Å². The molecule has 82 valence electrons. The Hall–Kier alpha value is -1.39. The van der Waals surface area contributed by atoms with Crippen LogP contribution < -0.4 is 0 Å². The van der Waals surface area contributed by atoms with Gasteiger partial charge in [-0.1, -0.05) is 12.2 Å². The summed E-state index contributed by atoms with van der Waals surface area (Å²) in [6, 6.07) is 0. The number of rotatable bonds is 3. The van der Waals surface area contributed by atoms with E-state index in [1.165, 1.54) is 0 Å². The Morgan fingerprint density at radius 3 is 2.80 bits per heavy atom. The first-order valence-corrected chi connectivity index (χ1v) is 5.11. The lowest BCUT2D eigenvalue weighted by molar-refractivity contribution is -0.560. The normalized spacial score (nSPS) is 36.9. The first kappa shape index (κ1) is 10.1. The molecule has 15 heavy (non-hydrogen) atoms. The second kappa shape index (κ2) is 3.32. The van der Waals surface area contributed by atoms with Gasteiger partial charge in [0.15, 0.2) is 0 Å². The van der Waals surface area contributed by atoms with Gasteiger partial charge < -0.3 is 4.74 Å². The lowest BCUT2D eigenvalue weighted by Gasteiger charge is -2.24. The van der Waals surface area contributed by atoms with Crippen LogP contribution in [0.2, 0.25) is 0 Å². The molecule has 0 heterocycles. The Morgan fingerprint density at radius 1 is 1.67 bits per heavy atom. The first-order chi connectivity index (χ1) is 7.11. The summed E-state index contributed by atoms with van der Waals surface area (Å²) in [5.41, 5.74) is -1.50. The fourth-order valence-electron chi connectivity index (χ4n) is 2.61.